The summed E-state index contributed by atoms with van der Waals surface area (Å²) in [4.78, 5) is 14.9. The third kappa shape index (κ3) is 4.05. The summed E-state index contributed by atoms with van der Waals surface area (Å²) < 4.78 is 1.91. The second-order valence-electron chi connectivity index (χ2n) is 6.95. The molecule has 0 spiro atoms. The van der Waals surface area contributed by atoms with Crippen LogP contribution in [0.4, 0.5) is 0 Å². The molecule has 3 rings (SSSR count). The molecular weight excluding hydrogens is 336 g/mol. The minimum Gasteiger partial charge on any atom is -0.336 e. The highest BCUT2D eigenvalue weighted by Crippen LogP contribution is 2.24. The largest absolute Gasteiger partial charge is 0.336 e. The summed E-state index contributed by atoms with van der Waals surface area (Å²) in [5.41, 5.74) is 3.91. The lowest BCUT2D eigenvalue weighted by Gasteiger charge is -2.32. The van der Waals surface area contributed by atoms with Crippen molar-refractivity contribution in [2.24, 2.45) is 0 Å². The Bertz CT molecular complexity index is 724. The van der Waals surface area contributed by atoms with Crippen LogP contribution in [0.2, 0.25) is 0 Å². The topological polar surface area (TPSA) is 50.2 Å². The normalized spacial score (nSPS) is 17.5. The highest BCUT2D eigenvalue weighted by atomic mass is 35.5. The van der Waals surface area contributed by atoms with E-state index in [4.69, 9.17) is 0 Å². The average Bonchev–Trinajstić information content (AvgIpc) is 3.00. The van der Waals surface area contributed by atoms with Crippen LogP contribution in [0.3, 0.4) is 0 Å². The van der Waals surface area contributed by atoms with Gasteiger partial charge in [-0.2, -0.15) is 5.10 Å². The van der Waals surface area contributed by atoms with Gasteiger partial charge in [-0.25, -0.2) is 4.68 Å². The number of nitrogens with one attached hydrogen (secondary N) is 1. The number of amides is 1. The van der Waals surface area contributed by atoms with Gasteiger partial charge < -0.3 is 10.2 Å². The van der Waals surface area contributed by atoms with Gasteiger partial charge in [0.1, 0.15) is 0 Å². The quantitative estimate of drug-likeness (QED) is 0.912. The van der Waals surface area contributed by atoms with E-state index in [1.54, 1.807) is 6.20 Å². The number of carbonyl (C=O) groups is 1. The van der Waals surface area contributed by atoms with Crippen LogP contribution in [0, 0.1) is 6.92 Å². The summed E-state index contributed by atoms with van der Waals surface area (Å²) in [6.45, 7) is 10.7. The molecule has 0 bridgehead atoms. The number of piperazine rings is 1. The summed E-state index contributed by atoms with van der Waals surface area (Å²) in [6, 6.07) is 8.57. The van der Waals surface area contributed by atoms with Crippen molar-refractivity contribution in [1.82, 2.24) is 20.0 Å². The minimum atomic E-state index is 0. The highest BCUT2D eigenvalue weighted by molar-refractivity contribution is 5.95. The molecule has 1 atom stereocenters. The lowest BCUT2D eigenvalue weighted by atomic mass is 10.0. The van der Waals surface area contributed by atoms with Gasteiger partial charge in [0.2, 0.25) is 0 Å². The fourth-order valence-corrected chi connectivity index (χ4v) is 3.26. The molecule has 1 fully saturated rings. The highest BCUT2D eigenvalue weighted by Gasteiger charge is 2.27. The van der Waals surface area contributed by atoms with Crippen molar-refractivity contribution in [2.45, 2.75) is 39.7 Å². The third-order valence-electron chi connectivity index (χ3n) is 4.52. The van der Waals surface area contributed by atoms with Gasteiger partial charge in [-0.3, -0.25) is 4.79 Å². The van der Waals surface area contributed by atoms with Crippen LogP contribution in [0.15, 0.2) is 30.5 Å². The van der Waals surface area contributed by atoms with Crippen LogP contribution in [0.25, 0.3) is 5.69 Å². The maximum atomic E-state index is 13.0. The van der Waals surface area contributed by atoms with E-state index in [1.807, 2.05) is 9.58 Å². The van der Waals surface area contributed by atoms with Crippen molar-refractivity contribution in [1.29, 1.82) is 0 Å². The monoisotopic (exact) mass is 362 g/mol. The van der Waals surface area contributed by atoms with Crippen molar-refractivity contribution in [3.8, 4) is 5.69 Å². The maximum Gasteiger partial charge on any atom is 0.257 e. The lowest BCUT2D eigenvalue weighted by molar-refractivity contribution is 0.0707. The smallest absolute Gasteiger partial charge is 0.257 e. The molecule has 5 nitrogen and oxygen atoms in total. The molecule has 1 aromatic heterocycles. The van der Waals surface area contributed by atoms with E-state index in [-0.39, 0.29) is 24.2 Å². The molecule has 25 heavy (non-hydrogen) atoms. The molecule has 1 aromatic carbocycles. The van der Waals surface area contributed by atoms with E-state index >= 15 is 0 Å². The predicted molar refractivity (Wildman–Crippen MR) is 103 cm³/mol. The molecule has 0 saturated carbocycles. The van der Waals surface area contributed by atoms with E-state index in [1.165, 1.54) is 5.56 Å². The van der Waals surface area contributed by atoms with Crippen molar-refractivity contribution in [3.63, 3.8) is 0 Å². The lowest BCUT2D eigenvalue weighted by Crippen LogP contribution is -2.51. The number of aryl methyl sites for hydroxylation is 1. The zero-order valence-electron chi connectivity index (χ0n) is 15.3. The molecule has 0 radical (unpaired) electrons. The molecule has 6 heteroatoms. The Hall–Kier alpha value is -1.85. The summed E-state index contributed by atoms with van der Waals surface area (Å²) in [6.07, 6.45) is 1.73. The van der Waals surface area contributed by atoms with Gasteiger partial charge in [0.05, 0.1) is 23.1 Å². The number of carbonyl (C=O) groups excluding carboxylic acids is 1. The van der Waals surface area contributed by atoms with E-state index in [2.05, 4.69) is 62.4 Å². The molecule has 1 N–H and O–H groups in total. The van der Waals surface area contributed by atoms with E-state index in [0.717, 1.165) is 36.6 Å². The molecule has 1 aliphatic heterocycles. The molecule has 1 unspecified atom stereocenters. The number of hydrogen-bond acceptors (Lipinski definition) is 3. The summed E-state index contributed by atoms with van der Waals surface area (Å²) >= 11 is 0. The summed E-state index contributed by atoms with van der Waals surface area (Å²) in [5, 5.41) is 7.90. The van der Waals surface area contributed by atoms with Gasteiger partial charge in [-0.1, -0.05) is 31.5 Å². The van der Waals surface area contributed by atoms with Gasteiger partial charge in [0, 0.05) is 25.7 Å². The maximum absolute atomic E-state index is 13.0. The SMILES string of the molecule is Cc1ccc(-n2ncc(C(=O)N3CCNC(C)C3)c2C(C)C)cc1.Cl. The van der Waals surface area contributed by atoms with Crippen LogP contribution in [-0.2, 0) is 0 Å². The number of rotatable bonds is 3. The second kappa shape index (κ2) is 8.02. The van der Waals surface area contributed by atoms with Gasteiger partial charge >= 0.3 is 0 Å². The summed E-state index contributed by atoms with van der Waals surface area (Å²) in [5.74, 6) is 0.304. The molecule has 2 aromatic rings. The van der Waals surface area contributed by atoms with E-state index < -0.39 is 0 Å². The standard InChI is InChI=1S/C19H26N4O.ClH/c1-13(2)18-17(19(24)22-10-9-20-15(4)12-22)11-21-23(18)16-7-5-14(3)6-8-16;/h5-8,11,13,15,20H,9-10,12H2,1-4H3;1H. The molecule has 1 aliphatic rings. The Morgan fingerprint density at radius 3 is 2.56 bits per heavy atom. The zero-order valence-corrected chi connectivity index (χ0v) is 16.1. The second-order valence-corrected chi connectivity index (χ2v) is 6.95. The Kier molecular flexibility index (Phi) is 6.25. The van der Waals surface area contributed by atoms with Crippen molar-refractivity contribution >= 4 is 18.3 Å². The fourth-order valence-electron chi connectivity index (χ4n) is 3.26. The van der Waals surface area contributed by atoms with Crippen LogP contribution in [0.1, 0.15) is 48.3 Å². The number of aromatic nitrogens is 2. The van der Waals surface area contributed by atoms with Crippen LogP contribution in [-0.4, -0.2) is 46.3 Å². The Labute approximate surface area is 155 Å². The summed E-state index contributed by atoms with van der Waals surface area (Å²) in [7, 11) is 0. The predicted octanol–water partition coefficient (Wildman–Crippen LogP) is 3.16. The van der Waals surface area contributed by atoms with E-state index in [9.17, 15) is 4.79 Å². The molecule has 136 valence electrons. The Morgan fingerprint density at radius 1 is 1.28 bits per heavy atom. The molecular formula is C19H27ClN4O. The van der Waals surface area contributed by atoms with Crippen LogP contribution in [0.5, 0.6) is 0 Å². The van der Waals surface area contributed by atoms with Crippen molar-refractivity contribution in [2.75, 3.05) is 19.6 Å². The first kappa shape index (κ1) is 19.5. The molecule has 1 amide bonds. The Balaban J connectivity index is 0.00000225. The van der Waals surface area contributed by atoms with Crippen molar-refractivity contribution < 1.29 is 4.79 Å². The molecule has 1 saturated heterocycles. The number of hydrogen-bond donors (Lipinski definition) is 1. The first-order valence-electron chi connectivity index (χ1n) is 8.65. The first-order chi connectivity index (χ1) is 11.5. The first-order valence-corrected chi connectivity index (χ1v) is 8.65. The Morgan fingerprint density at radius 2 is 1.96 bits per heavy atom. The van der Waals surface area contributed by atoms with Crippen molar-refractivity contribution in [3.05, 3.63) is 47.3 Å². The number of benzene rings is 1. The molecule has 0 aliphatic carbocycles. The van der Waals surface area contributed by atoms with Crippen LogP contribution < -0.4 is 5.32 Å². The molecule has 2 heterocycles. The average molecular weight is 363 g/mol. The van der Waals surface area contributed by atoms with E-state index in [0.29, 0.717) is 6.04 Å². The number of nitrogens with zero attached hydrogens (tertiary/aromatic N) is 3. The third-order valence-corrected chi connectivity index (χ3v) is 4.52. The number of halogens is 1. The van der Waals surface area contributed by atoms with Crippen LogP contribution >= 0.6 is 12.4 Å². The minimum absolute atomic E-state index is 0. The van der Waals surface area contributed by atoms with Gasteiger partial charge in [-0.05, 0) is 31.9 Å². The fraction of sp³-hybridized carbons (Fsp3) is 0.474. The zero-order chi connectivity index (χ0) is 17.3. The van der Waals surface area contributed by atoms with Gasteiger partial charge in [-0.15, -0.1) is 12.4 Å². The van der Waals surface area contributed by atoms with Gasteiger partial charge in [0.15, 0.2) is 0 Å². The van der Waals surface area contributed by atoms with Gasteiger partial charge in [0.25, 0.3) is 5.91 Å².